The van der Waals surface area contributed by atoms with E-state index in [1.165, 1.54) is 0 Å². The van der Waals surface area contributed by atoms with E-state index in [2.05, 4.69) is 36.1 Å². The molecule has 4 nitrogen and oxygen atoms in total. The lowest BCUT2D eigenvalue weighted by molar-refractivity contribution is 0.0799. The molecule has 0 atom stereocenters. The lowest BCUT2D eigenvalue weighted by Crippen LogP contribution is -2.10. The zero-order valence-electron chi connectivity index (χ0n) is 12.0. The first kappa shape index (κ1) is 14.9. The Hall–Kier alpha value is -1.16. The van der Waals surface area contributed by atoms with E-state index in [4.69, 9.17) is 4.74 Å². The molecule has 0 aliphatic rings. The molecule has 0 amide bonds. The summed E-state index contributed by atoms with van der Waals surface area (Å²) in [5.41, 5.74) is 0.974. The van der Waals surface area contributed by atoms with Gasteiger partial charge in [-0.25, -0.2) is 9.97 Å². The van der Waals surface area contributed by atoms with Crippen molar-refractivity contribution in [2.45, 2.75) is 47.1 Å². The molecule has 0 saturated carbocycles. The second-order valence-electron chi connectivity index (χ2n) is 4.54. The quantitative estimate of drug-likeness (QED) is 0.771. The molecule has 0 aliphatic heterocycles. The average molecular weight is 251 g/mol. The van der Waals surface area contributed by atoms with Crippen LogP contribution in [-0.2, 0) is 11.3 Å². The van der Waals surface area contributed by atoms with Crippen LogP contribution in [0, 0.1) is 12.8 Å². The summed E-state index contributed by atoms with van der Waals surface area (Å²) in [7, 11) is 0. The van der Waals surface area contributed by atoms with Gasteiger partial charge in [0.2, 0.25) is 0 Å². The van der Waals surface area contributed by atoms with Gasteiger partial charge >= 0.3 is 0 Å². The molecule has 1 aromatic heterocycles. The molecular formula is C14H25N3O. The van der Waals surface area contributed by atoms with Crippen LogP contribution in [0.15, 0.2) is 6.07 Å². The molecule has 1 heterocycles. The average Bonchev–Trinajstić information content (AvgIpc) is 2.34. The van der Waals surface area contributed by atoms with Gasteiger partial charge < -0.3 is 10.1 Å². The molecule has 1 aromatic rings. The Bertz CT molecular complexity index is 351. The molecule has 0 bridgehead atoms. The number of aryl methyl sites for hydroxylation is 1. The first-order chi connectivity index (χ1) is 8.69. The van der Waals surface area contributed by atoms with Crippen LogP contribution in [0.3, 0.4) is 0 Å². The summed E-state index contributed by atoms with van der Waals surface area (Å²) in [6.07, 6.45) is 2.32. The van der Waals surface area contributed by atoms with E-state index in [1.807, 2.05) is 13.0 Å². The minimum absolute atomic E-state index is 0.497. The summed E-state index contributed by atoms with van der Waals surface area (Å²) in [6.45, 7) is 10.6. The normalized spacial score (nSPS) is 10.9. The van der Waals surface area contributed by atoms with Crippen LogP contribution in [0.5, 0.6) is 0 Å². The van der Waals surface area contributed by atoms with Crippen LogP contribution in [0.2, 0.25) is 0 Å². The molecule has 0 radical (unpaired) electrons. The monoisotopic (exact) mass is 251 g/mol. The molecule has 1 N–H and O–H groups in total. The Morgan fingerprint density at radius 3 is 2.56 bits per heavy atom. The highest BCUT2D eigenvalue weighted by Crippen LogP contribution is 2.10. The van der Waals surface area contributed by atoms with Crippen molar-refractivity contribution in [1.29, 1.82) is 0 Å². The topological polar surface area (TPSA) is 47.0 Å². The minimum Gasteiger partial charge on any atom is -0.373 e. The zero-order chi connectivity index (χ0) is 13.4. The number of rotatable bonds is 8. The predicted molar refractivity (Wildman–Crippen MR) is 74.7 cm³/mol. The van der Waals surface area contributed by atoms with Gasteiger partial charge in [0.1, 0.15) is 12.4 Å². The van der Waals surface area contributed by atoms with Gasteiger partial charge in [0.05, 0.1) is 0 Å². The van der Waals surface area contributed by atoms with E-state index in [1.54, 1.807) is 0 Å². The van der Waals surface area contributed by atoms with Gasteiger partial charge in [-0.3, -0.25) is 0 Å². The summed E-state index contributed by atoms with van der Waals surface area (Å²) in [5.74, 6) is 2.28. The molecule has 0 aromatic carbocycles. The SMILES string of the molecule is CCNc1cc(C)nc(COCC(CC)CC)n1. The molecule has 0 fully saturated rings. The van der Waals surface area contributed by atoms with Gasteiger partial charge in [-0.15, -0.1) is 0 Å². The third-order valence-corrected chi connectivity index (χ3v) is 3.00. The molecule has 0 aliphatic carbocycles. The molecule has 0 unspecified atom stereocenters. The van der Waals surface area contributed by atoms with Crippen LogP contribution in [0.4, 0.5) is 5.82 Å². The molecule has 0 saturated heterocycles. The van der Waals surface area contributed by atoms with E-state index >= 15 is 0 Å². The number of hydrogen-bond acceptors (Lipinski definition) is 4. The summed E-state index contributed by atoms with van der Waals surface area (Å²) in [4.78, 5) is 8.81. The first-order valence-corrected chi connectivity index (χ1v) is 6.85. The molecule has 1 rings (SSSR count). The zero-order valence-corrected chi connectivity index (χ0v) is 12.0. The smallest absolute Gasteiger partial charge is 0.156 e. The van der Waals surface area contributed by atoms with Gasteiger partial charge in [0.25, 0.3) is 0 Å². The van der Waals surface area contributed by atoms with E-state index in [0.717, 1.165) is 43.3 Å². The third-order valence-electron chi connectivity index (χ3n) is 3.00. The third kappa shape index (κ3) is 5.00. The van der Waals surface area contributed by atoms with Crippen LogP contribution in [0.1, 0.15) is 45.1 Å². The fourth-order valence-electron chi connectivity index (χ4n) is 1.81. The number of anilines is 1. The van der Waals surface area contributed by atoms with Gasteiger partial charge in [-0.05, 0) is 19.8 Å². The molecule has 4 heteroatoms. The largest absolute Gasteiger partial charge is 0.373 e. The van der Waals surface area contributed by atoms with Gasteiger partial charge in [-0.2, -0.15) is 0 Å². The van der Waals surface area contributed by atoms with Crippen molar-refractivity contribution in [1.82, 2.24) is 9.97 Å². The predicted octanol–water partition coefficient (Wildman–Crippen LogP) is 3.17. The maximum Gasteiger partial charge on any atom is 0.156 e. The highest BCUT2D eigenvalue weighted by atomic mass is 16.5. The number of aromatic nitrogens is 2. The highest BCUT2D eigenvalue weighted by Gasteiger charge is 2.06. The second-order valence-corrected chi connectivity index (χ2v) is 4.54. The van der Waals surface area contributed by atoms with Crippen molar-refractivity contribution in [3.05, 3.63) is 17.6 Å². The van der Waals surface area contributed by atoms with Gasteiger partial charge in [-0.1, -0.05) is 26.7 Å². The molecule has 0 spiro atoms. The first-order valence-electron chi connectivity index (χ1n) is 6.85. The van der Waals surface area contributed by atoms with E-state index in [-0.39, 0.29) is 0 Å². The van der Waals surface area contributed by atoms with Gasteiger partial charge in [0.15, 0.2) is 5.82 Å². The Labute approximate surface area is 110 Å². The number of ether oxygens (including phenoxy) is 1. The highest BCUT2D eigenvalue weighted by molar-refractivity contribution is 5.35. The van der Waals surface area contributed by atoms with Crippen LogP contribution >= 0.6 is 0 Å². The summed E-state index contributed by atoms with van der Waals surface area (Å²) < 4.78 is 5.70. The standard InChI is InChI=1S/C14H25N3O/c1-5-12(6-2)9-18-10-14-16-11(4)8-13(17-14)15-7-3/h8,12H,5-7,9-10H2,1-4H3,(H,15,16,17). The van der Waals surface area contributed by atoms with Crippen molar-refractivity contribution in [3.8, 4) is 0 Å². The van der Waals surface area contributed by atoms with Crippen molar-refractivity contribution in [2.75, 3.05) is 18.5 Å². The van der Waals surface area contributed by atoms with Crippen molar-refractivity contribution in [3.63, 3.8) is 0 Å². The lowest BCUT2D eigenvalue weighted by Gasteiger charge is -2.12. The van der Waals surface area contributed by atoms with Crippen molar-refractivity contribution >= 4 is 5.82 Å². The second kappa shape index (κ2) is 8.03. The van der Waals surface area contributed by atoms with E-state index < -0.39 is 0 Å². The number of nitrogens with one attached hydrogen (secondary N) is 1. The Morgan fingerprint density at radius 2 is 1.94 bits per heavy atom. The summed E-state index contributed by atoms with van der Waals surface area (Å²) >= 11 is 0. The van der Waals surface area contributed by atoms with Crippen LogP contribution in [-0.4, -0.2) is 23.1 Å². The lowest BCUT2D eigenvalue weighted by atomic mass is 10.1. The van der Waals surface area contributed by atoms with Crippen LogP contribution in [0.25, 0.3) is 0 Å². The van der Waals surface area contributed by atoms with E-state index in [9.17, 15) is 0 Å². The summed E-state index contributed by atoms with van der Waals surface area (Å²) in [5, 5.41) is 3.20. The van der Waals surface area contributed by atoms with Gasteiger partial charge in [0, 0.05) is 24.9 Å². The fourth-order valence-corrected chi connectivity index (χ4v) is 1.81. The summed E-state index contributed by atoms with van der Waals surface area (Å²) in [6, 6.07) is 1.95. The Kier molecular flexibility index (Phi) is 6.65. The number of hydrogen-bond donors (Lipinski definition) is 1. The Balaban J connectivity index is 2.51. The Morgan fingerprint density at radius 1 is 1.22 bits per heavy atom. The molecule has 18 heavy (non-hydrogen) atoms. The minimum atomic E-state index is 0.497. The maximum atomic E-state index is 5.70. The van der Waals surface area contributed by atoms with E-state index in [0.29, 0.717) is 12.5 Å². The number of nitrogens with zero attached hydrogens (tertiary/aromatic N) is 2. The fraction of sp³-hybridized carbons (Fsp3) is 0.714. The molecular weight excluding hydrogens is 226 g/mol. The van der Waals surface area contributed by atoms with Crippen molar-refractivity contribution in [2.24, 2.45) is 5.92 Å². The van der Waals surface area contributed by atoms with Crippen molar-refractivity contribution < 1.29 is 4.74 Å². The maximum absolute atomic E-state index is 5.70. The molecule has 102 valence electrons. The van der Waals surface area contributed by atoms with Crippen LogP contribution < -0.4 is 5.32 Å².